The Morgan fingerprint density at radius 3 is 1.96 bits per heavy atom. The highest BCUT2D eigenvalue weighted by molar-refractivity contribution is 5.72. The lowest BCUT2D eigenvalue weighted by Gasteiger charge is -2.09. The molecule has 1 aromatic rings. The molecule has 0 unspecified atom stereocenters. The SMILES string of the molecule is [N-]=[N+]=NCCOCCOCCC(=O)Oc1c(F)c(F)c(F)c(F)c1F. The van der Waals surface area contributed by atoms with Crippen molar-refractivity contribution in [2.75, 3.05) is 33.0 Å². The Kier molecular flexibility index (Phi) is 8.61. The van der Waals surface area contributed by atoms with Crippen LogP contribution in [0.2, 0.25) is 0 Å². The van der Waals surface area contributed by atoms with Crippen LogP contribution < -0.4 is 4.74 Å². The van der Waals surface area contributed by atoms with Gasteiger partial charge < -0.3 is 14.2 Å². The van der Waals surface area contributed by atoms with Gasteiger partial charge in [-0.05, 0) is 5.53 Å². The maximum Gasteiger partial charge on any atom is 0.313 e. The van der Waals surface area contributed by atoms with Crippen molar-refractivity contribution in [3.05, 3.63) is 39.5 Å². The summed E-state index contributed by atoms with van der Waals surface area (Å²) in [5.41, 5.74) is 8.00. The van der Waals surface area contributed by atoms with Crippen LogP contribution in [0.4, 0.5) is 22.0 Å². The van der Waals surface area contributed by atoms with E-state index in [-0.39, 0.29) is 33.0 Å². The quantitative estimate of drug-likeness (QED) is 0.0729. The third-order valence-corrected chi connectivity index (χ3v) is 2.61. The monoisotopic (exact) mass is 369 g/mol. The predicted molar refractivity (Wildman–Crippen MR) is 72.1 cm³/mol. The summed E-state index contributed by atoms with van der Waals surface area (Å²) in [4.78, 5) is 13.9. The number of benzene rings is 1. The van der Waals surface area contributed by atoms with Crippen molar-refractivity contribution in [3.63, 3.8) is 0 Å². The Balaban J connectivity index is 2.37. The number of halogens is 5. The van der Waals surface area contributed by atoms with Gasteiger partial charge in [0.05, 0.1) is 32.8 Å². The Bertz CT molecular complexity index is 639. The van der Waals surface area contributed by atoms with Crippen molar-refractivity contribution in [2.24, 2.45) is 5.11 Å². The first-order valence-electron chi connectivity index (χ1n) is 6.78. The van der Waals surface area contributed by atoms with Crippen LogP contribution in [-0.4, -0.2) is 38.9 Å². The third-order valence-electron chi connectivity index (χ3n) is 2.61. The average molecular weight is 369 g/mol. The Morgan fingerprint density at radius 1 is 0.880 bits per heavy atom. The molecule has 0 aromatic heterocycles. The van der Waals surface area contributed by atoms with Gasteiger partial charge in [0.25, 0.3) is 0 Å². The number of esters is 1. The van der Waals surface area contributed by atoms with Crippen molar-refractivity contribution >= 4 is 5.97 Å². The summed E-state index contributed by atoms with van der Waals surface area (Å²) in [6, 6.07) is 0. The van der Waals surface area contributed by atoms with Gasteiger partial charge in [-0.3, -0.25) is 4.79 Å². The van der Waals surface area contributed by atoms with Gasteiger partial charge in [0, 0.05) is 11.5 Å². The number of rotatable bonds is 10. The Morgan fingerprint density at radius 2 is 1.40 bits per heavy atom. The molecule has 1 aromatic carbocycles. The first-order valence-corrected chi connectivity index (χ1v) is 6.78. The minimum absolute atomic E-state index is 0.0616. The summed E-state index contributed by atoms with van der Waals surface area (Å²) in [5, 5.41) is 3.22. The van der Waals surface area contributed by atoms with Crippen molar-refractivity contribution in [3.8, 4) is 5.75 Å². The lowest BCUT2D eigenvalue weighted by molar-refractivity contribution is -0.136. The van der Waals surface area contributed by atoms with Gasteiger partial charge in [-0.1, -0.05) is 5.11 Å². The number of carbonyl (C=O) groups excluding carboxylic acids is 1. The first kappa shape index (κ1) is 20.6. The molecule has 0 aliphatic heterocycles. The fourth-order valence-corrected chi connectivity index (χ4v) is 1.47. The maximum atomic E-state index is 13.3. The predicted octanol–water partition coefficient (Wildman–Crippen LogP) is 3.02. The number of hydrogen-bond donors (Lipinski definition) is 0. The highest BCUT2D eigenvalue weighted by Gasteiger charge is 2.28. The Hall–Kier alpha value is -2.43. The van der Waals surface area contributed by atoms with Crippen LogP contribution in [0.25, 0.3) is 10.4 Å². The molecular weight excluding hydrogens is 357 g/mol. The fraction of sp³-hybridized carbons (Fsp3) is 0.462. The van der Waals surface area contributed by atoms with E-state index in [0.29, 0.717) is 0 Å². The molecule has 25 heavy (non-hydrogen) atoms. The molecule has 0 saturated carbocycles. The van der Waals surface area contributed by atoms with Gasteiger partial charge in [-0.25, -0.2) is 13.2 Å². The average Bonchev–Trinajstić information content (AvgIpc) is 2.60. The van der Waals surface area contributed by atoms with Crippen molar-refractivity contribution in [1.29, 1.82) is 0 Å². The molecule has 0 saturated heterocycles. The second kappa shape index (κ2) is 10.4. The van der Waals surface area contributed by atoms with Crippen LogP contribution in [-0.2, 0) is 14.3 Å². The van der Waals surface area contributed by atoms with Crippen LogP contribution in [0.1, 0.15) is 6.42 Å². The van der Waals surface area contributed by atoms with Gasteiger partial charge in [-0.15, -0.1) is 0 Å². The van der Waals surface area contributed by atoms with Crippen LogP contribution in [0.5, 0.6) is 5.75 Å². The molecule has 0 radical (unpaired) electrons. The minimum Gasteiger partial charge on any atom is -0.420 e. The molecular formula is C13H12F5N3O4. The Labute approximate surface area is 137 Å². The molecule has 0 amide bonds. The molecule has 0 aliphatic rings. The molecule has 138 valence electrons. The molecule has 1 rings (SSSR count). The van der Waals surface area contributed by atoms with E-state index in [4.69, 9.17) is 15.0 Å². The van der Waals surface area contributed by atoms with Gasteiger partial charge in [-0.2, -0.15) is 8.78 Å². The summed E-state index contributed by atoms with van der Waals surface area (Å²) in [7, 11) is 0. The fourth-order valence-electron chi connectivity index (χ4n) is 1.47. The maximum absolute atomic E-state index is 13.3. The smallest absolute Gasteiger partial charge is 0.313 e. The van der Waals surface area contributed by atoms with Gasteiger partial charge in [0.2, 0.25) is 34.8 Å². The molecule has 7 nitrogen and oxygen atoms in total. The standard InChI is InChI=1S/C13H12F5N3O4/c14-8-9(15)11(17)13(12(18)10(8)16)25-7(22)1-3-23-5-6-24-4-2-20-21-19/h1-6H2. The second-order valence-corrected chi connectivity index (χ2v) is 4.30. The van der Waals surface area contributed by atoms with E-state index in [1.807, 2.05) is 0 Å². The van der Waals surface area contributed by atoms with E-state index in [2.05, 4.69) is 14.8 Å². The third kappa shape index (κ3) is 6.18. The zero-order valence-corrected chi connectivity index (χ0v) is 12.6. The molecule has 0 bridgehead atoms. The van der Waals surface area contributed by atoms with Crippen LogP contribution in [0, 0.1) is 29.1 Å². The molecule has 0 spiro atoms. The van der Waals surface area contributed by atoms with Crippen LogP contribution in [0.3, 0.4) is 0 Å². The highest BCUT2D eigenvalue weighted by atomic mass is 19.2. The first-order chi connectivity index (χ1) is 11.9. The highest BCUT2D eigenvalue weighted by Crippen LogP contribution is 2.29. The van der Waals surface area contributed by atoms with E-state index < -0.39 is 47.2 Å². The zero-order chi connectivity index (χ0) is 18.8. The summed E-state index contributed by atoms with van der Waals surface area (Å²) >= 11 is 0. The van der Waals surface area contributed by atoms with E-state index in [9.17, 15) is 26.7 Å². The molecule has 0 N–H and O–H groups in total. The molecule has 0 fully saturated rings. The van der Waals surface area contributed by atoms with E-state index in [1.165, 1.54) is 0 Å². The zero-order valence-electron chi connectivity index (χ0n) is 12.6. The lowest BCUT2D eigenvalue weighted by Crippen LogP contribution is -2.16. The number of carbonyl (C=O) groups is 1. The van der Waals surface area contributed by atoms with E-state index in [0.717, 1.165) is 0 Å². The summed E-state index contributed by atoms with van der Waals surface area (Å²) < 4.78 is 79.4. The topological polar surface area (TPSA) is 93.5 Å². The number of nitrogens with zero attached hydrogens (tertiary/aromatic N) is 3. The molecule has 12 heteroatoms. The van der Waals surface area contributed by atoms with Crippen molar-refractivity contribution in [2.45, 2.75) is 6.42 Å². The van der Waals surface area contributed by atoms with Gasteiger partial charge in [0.15, 0.2) is 0 Å². The summed E-state index contributed by atoms with van der Waals surface area (Å²) in [6.07, 6.45) is -0.488. The molecule has 0 heterocycles. The normalized spacial score (nSPS) is 10.4. The number of ether oxygens (including phenoxy) is 3. The largest absolute Gasteiger partial charge is 0.420 e. The second-order valence-electron chi connectivity index (χ2n) is 4.30. The van der Waals surface area contributed by atoms with E-state index >= 15 is 0 Å². The van der Waals surface area contributed by atoms with Gasteiger partial charge >= 0.3 is 5.97 Å². The minimum atomic E-state index is -2.35. The van der Waals surface area contributed by atoms with Crippen LogP contribution >= 0.6 is 0 Å². The summed E-state index contributed by atoms with van der Waals surface area (Å²) in [5.74, 6) is -14.2. The molecule has 0 aliphatic carbocycles. The van der Waals surface area contributed by atoms with Crippen molar-refractivity contribution < 1.29 is 41.0 Å². The van der Waals surface area contributed by atoms with Crippen molar-refractivity contribution in [1.82, 2.24) is 0 Å². The lowest BCUT2D eigenvalue weighted by atomic mass is 10.2. The molecule has 0 atom stereocenters. The summed E-state index contributed by atoms with van der Waals surface area (Å²) in [6.45, 7) is 0.286. The number of hydrogen-bond acceptors (Lipinski definition) is 5. The van der Waals surface area contributed by atoms with E-state index in [1.54, 1.807) is 0 Å². The van der Waals surface area contributed by atoms with Crippen LogP contribution in [0.15, 0.2) is 5.11 Å². The van der Waals surface area contributed by atoms with Gasteiger partial charge in [0.1, 0.15) is 0 Å². The number of azide groups is 1.